The average molecular weight is 351 g/mol. The van der Waals surface area contributed by atoms with Crippen molar-refractivity contribution in [3.05, 3.63) is 23.9 Å². The summed E-state index contributed by atoms with van der Waals surface area (Å²) in [6, 6.07) is 2.43. The lowest BCUT2D eigenvalue weighted by Gasteiger charge is -2.38. The summed E-state index contributed by atoms with van der Waals surface area (Å²) in [6.45, 7) is 3.81. The normalized spacial score (nSPS) is 19.1. The predicted octanol–water partition coefficient (Wildman–Crippen LogP) is 1.39. The summed E-state index contributed by atoms with van der Waals surface area (Å²) in [6.07, 6.45) is -3.51. The molecule has 3 heterocycles. The van der Waals surface area contributed by atoms with Crippen LogP contribution in [0.2, 0.25) is 0 Å². The first-order chi connectivity index (χ1) is 10.4. The van der Waals surface area contributed by atoms with Crippen LogP contribution in [0.5, 0.6) is 0 Å². The summed E-state index contributed by atoms with van der Waals surface area (Å²) >= 11 is 0. The number of halogens is 4. The van der Waals surface area contributed by atoms with Crippen LogP contribution < -0.4 is 10.2 Å². The molecule has 2 aliphatic heterocycles. The fraction of sp³-hybridized carbons (Fsp3) is 0.571. The van der Waals surface area contributed by atoms with Gasteiger partial charge in [0.1, 0.15) is 5.82 Å². The number of carbonyl (C=O) groups excluding carboxylic acids is 1. The van der Waals surface area contributed by atoms with Crippen LogP contribution in [0, 0.1) is 5.92 Å². The van der Waals surface area contributed by atoms with E-state index in [0.29, 0.717) is 32.0 Å². The first-order valence-electron chi connectivity index (χ1n) is 7.23. The number of hydrogen-bond donors (Lipinski definition) is 1. The number of pyridine rings is 1. The summed E-state index contributed by atoms with van der Waals surface area (Å²) in [5.41, 5.74) is -0.748. The highest BCUT2D eigenvalue weighted by Crippen LogP contribution is 2.29. The monoisotopic (exact) mass is 350 g/mol. The van der Waals surface area contributed by atoms with Gasteiger partial charge in [0.2, 0.25) is 5.91 Å². The highest BCUT2D eigenvalue weighted by Gasteiger charge is 2.32. The second kappa shape index (κ2) is 6.92. The van der Waals surface area contributed by atoms with E-state index in [2.05, 4.69) is 10.3 Å². The molecular weight excluding hydrogens is 333 g/mol. The molecule has 5 nitrogen and oxygen atoms in total. The molecule has 0 radical (unpaired) electrons. The van der Waals surface area contributed by atoms with Gasteiger partial charge in [0.05, 0.1) is 11.5 Å². The molecule has 2 aliphatic rings. The predicted molar refractivity (Wildman–Crippen MR) is 81.6 cm³/mol. The number of nitrogens with zero attached hydrogens (tertiary/aromatic N) is 3. The maximum absolute atomic E-state index is 12.5. The van der Waals surface area contributed by atoms with Gasteiger partial charge in [-0.15, -0.1) is 12.4 Å². The summed E-state index contributed by atoms with van der Waals surface area (Å²) in [5.74, 6) is 0.764. The van der Waals surface area contributed by atoms with E-state index in [1.54, 1.807) is 0 Å². The Morgan fingerprint density at radius 3 is 2.26 bits per heavy atom. The SMILES string of the molecule is Cl.O=C(C1CNC1)N1CCN(c2ccc(C(F)(F)F)cn2)CC1. The Labute approximate surface area is 138 Å². The van der Waals surface area contributed by atoms with Crippen molar-refractivity contribution < 1.29 is 18.0 Å². The highest BCUT2D eigenvalue weighted by atomic mass is 35.5. The van der Waals surface area contributed by atoms with Crippen LogP contribution in [0.25, 0.3) is 0 Å². The van der Waals surface area contributed by atoms with Gasteiger partial charge < -0.3 is 15.1 Å². The fourth-order valence-corrected chi connectivity index (χ4v) is 2.62. The lowest BCUT2D eigenvalue weighted by molar-refractivity contribution is -0.138. The Morgan fingerprint density at radius 2 is 1.83 bits per heavy atom. The average Bonchev–Trinajstić information content (AvgIpc) is 2.45. The van der Waals surface area contributed by atoms with E-state index in [0.717, 1.165) is 25.4 Å². The molecule has 23 heavy (non-hydrogen) atoms. The van der Waals surface area contributed by atoms with Gasteiger partial charge in [0.15, 0.2) is 0 Å². The third-order valence-corrected chi connectivity index (χ3v) is 4.12. The van der Waals surface area contributed by atoms with E-state index in [4.69, 9.17) is 0 Å². The van der Waals surface area contributed by atoms with Gasteiger partial charge in [-0.2, -0.15) is 13.2 Å². The van der Waals surface area contributed by atoms with E-state index in [1.807, 2.05) is 9.80 Å². The number of alkyl halides is 3. The van der Waals surface area contributed by atoms with Gasteiger partial charge in [-0.1, -0.05) is 0 Å². The van der Waals surface area contributed by atoms with Crippen LogP contribution >= 0.6 is 12.4 Å². The Morgan fingerprint density at radius 1 is 1.17 bits per heavy atom. The van der Waals surface area contributed by atoms with Crippen molar-refractivity contribution >= 4 is 24.1 Å². The summed E-state index contributed by atoms with van der Waals surface area (Å²) in [7, 11) is 0. The molecule has 2 fully saturated rings. The number of amides is 1. The smallest absolute Gasteiger partial charge is 0.353 e. The van der Waals surface area contributed by atoms with Crippen LogP contribution in [0.4, 0.5) is 19.0 Å². The van der Waals surface area contributed by atoms with E-state index in [9.17, 15) is 18.0 Å². The minimum absolute atomic E-state index is 0. The topological polar surface area (TPSA) is 48.5 Å². The molecule has 1 amide bonds. The van der Waals surface area contributed by atoms with E-state index >= 15 is 0 Å². The quantitative estimate of drug-likeness (QED) is 0.875. The van der Waals surface area contributed by atoms with Crippen molar-refractivity contribution in [1.82, 2.24) is 15.2 Å². The highest BCUT2D eigenvalue weighted by molar-refractivity contribution is 5.85. The van der Waals surface area contributed by atoms with Crippen LogP contribution in [-0.2, 0) is 11.0 Å². The van der Waals surface area contributed by atoms with E-state index in [-0.39, 0.29) is 24.2 Å². The van der Waals surface area contributed by atoms with Crippen molar-refractivity contribution in [1.29, 1.82) is 0 Å². The maximum atomic E-state index is 12.5. The van der Waals surface area contributed by atoms with Crippen LogP contribution in [0.3, 0.4) is 0 Å². The summed E-state index contributed by atoms with van der Waals surface area (Å²) in [4.78, 5) is 19.7. The first kappa shape index (κ1) is 17.8. The van der Waals surface area contributed by atoms with Crippen LogP contribution in [-0.4, -0.2) is 55.1 Å². The summed E-state index contributed by atoms with van der Waals surface area (Å²) in [5, 5.41) is 3.07. The molecule has 0 aromatic carbocycles. The minimum atomic E-state index is -4.37. The molecule has 9 heteroatoms. The lowest BCUT2D eigenvalue weighted by Crippen LogP contribution is -2.56. The number of nitrogens with one attached hydrogen (secondary N) is 1. The molecule has 128 valence electrons. The number of carbonyl (C=O) groups is 1. The molecule has 2 saturated heterocycles. The van der Waals surface area contributed by atoms with Gasteiger partial charge in [-0.05, 0) is 12.1 Å². The summed E-state index contributed by atoms with van der Waals surface area (Å²) < 4.78 is 37.5. The molecule has 3 rings (SSSR count). The number of piperazine rings is 1. The van der Waals surface area contributed by atoms with Crippen molar-refractivity contribution in [3.63, 3.8) is 0 Å². The molecule has 1 aromatic heterocycles. The zero-order valence-electron chi connectivity index (χ0n) is 12.3. The lowest BCUT2D eigenvalue weighted by atomic mass is 10.0. The number of rotatable bonds is 2. The largest absolute Gasteiger partial charge is 0.417 e. The Bertz CT molecular complexity index is 540. The molecule has 0 atom stereocenters. The van der Waals surface area contributed by atoms with Gasteiger partial charge in [0, 0.05) is 45.5 Å². The van der Waals surface area contributed by atoms with Gasteiger partial charge in [-0.3, -0.25) is 4.79 Å². The second-order valence-electron chi connectivity index (χ2n) is 5.57. The minimum Gasteiger partial charge on any atom is -0.353 e. The van der Waals surface area contributed by atoms with Crippen molar-refractivity contribution in [2.24, 2.45) is 5.92 Å². The Hall–Kier alpha value is -1.54. The third-order valence-electron chi connectivity index (χ3n) is 4.12. The van der Waals surface area contributed by atoms with Gasteiger partial charge in [-0.25, -0.2) is 4.98 Å². The van der Waals surface area contributed by atoms with Crippen molar-refractivity contribution in [3.8, 4) is 0 Å². The van der Waals surface area contributed by atoms with E-state index in [1.165, 1.54) is 6.07 Å². The van der Waals surface area contributed by atoms with Gasteiger partial charge >= 0.3 is 6.18 Å². The Balaban J connectivity index is 0.00000192. The molecular formula is C14H18ClF3N4O. The first-order valence-corrected chi connectivity index (χ1v) is 7.23. The zero-order chi connectivity index (χ0) is 15.7. The molecule has 1 N–H and O–H groups in total. The van der Waals surface area contributed by atoms with E-state index < -0.39 is 11.7 Å². The maximum Gasteiger partial charge on any atom is 0.417 e. The van der Waals surface area contributed by atoms with Gasteiger partial charge in [0.25, 0.3) is 0 Å². The number of hydrogen-bond acceptors (Lipinski definition) is 4. The third kappa shape index (κ3) is 3.87. The van der Waals surface area contributed by atoms with Crippen molar-refractivity contribution in [2.75, 3.05) is 44.2 Å². The fourth-order valence-electron chi connectivity index (χ4n) is 2.62. The second-order valence-corrected chi connectivity index (χ2v) is 5.57. The molecule has 0 unspecified atom stereocenters. The van der Waals surface area contributed by atoms with Crippen LogP contribution in [0.1, 0.15) is 5.56 Å². The molecule has 0 bridgehead atoms. The molecule has 0 aliphatic carbocycles. The molecule has 0 spiro atoms. The standard InChI is InChI=1S/C14H17F3N4O.ClH/c15-14(16,17)11-1-2-12(19-9-11)20-3-5-21(6-4-20)13(22)10-7-18-8-10;/h1-2,9-10,18H,3-8H2;1H. The zero-order valence-corrected chi connectivity index (χ0v) is 13.2. The molecule has 1 aromatic rings. The van der Waals surface area contributed by atoms with Crippen LogP contribution in [0.15, 0.2) is 18.3 Å². The Kier molecular flexibility index (Phi) is 5.36. The molecule has 0 saturated carbocycles. The van der Waals surface area contributed by atoms with Crippen molar-refractivity contribution in [2.45, 2.75) is 6.18 Å². The number of anilines is 1. The number of aromatic nitrogens is 1.